The first-order chi connectivity index (χ1) is 12.2. The SMILES string of the molecule is Cc1ccc(C2C3=C(CC(C)(C)CC3=O)Nc3nc(C(=O)O)nn32)cc1. The summed E-state index contributed by atoms with van der Waals surface area (Å²) in [5, 5.41) is 16.6. The number of carboxylic acids is 1. The molecule has 2 aliphatic rings. The second-order valence-electron chi connectivity index (χ2n) is 7.78. The first-order valence-corrected chi connectivity index (χ1v) is 8.55. The standard InChI is InChI=1S/C19H20N4O3/c1-10-4-6-11(7-5-10)15-14-12(8-19(2,3)9-13(14)24)20-18-21-16(17(25)26)22-23(15)18/h4-7,15H,8-9H2,1-3H3,(H,25,26)(H,20,21,22). The van der Waals surface area contributed by atoms with Gasteiger partial charge in [0.1, 0.15) is 6.04 Å². The molecular formula is C19H20N4O3. The van der Waals surface area contributed by atoms with E-state index in [1.165, 1.54) is 4.68 Å². The molecule has 1 unspecified atom stereocenters. The number of ketones is 1. The fourth-order valence-corrected chi connectivity index (χ4v) is 3.76. The molecule has 0 spiro atoms. The van der Waals surface area contributed by atoms with Crippen LogP contribution in [0.5, 0.6) is 0 Å². The van der Waals surface area contributed by atoms with Gasteiger partial charge < -0.3 is 10.4 Å². The number of rotatable bonds is 2. The maximum Gasteiger partial charge on any atom is 0.375 e. The number of aromatic nitrogens is 3. The molecule has 0 bridgehead atoms. The van der Waals surface area contributed by atoms with Crippen molar-refractivity contribution in [3.63, 3.8) is 0 Å². The van der Waals surface area contributed by atoms with E-state index >= 15 is 0 Å². The summed E-state index contributed by atoms with van der Waals surface area (Å²) in [5.41, 5.74) is 3.31. The van der Waals surface area contributed by atoms with Crippen molar-refractivity contribution in [3.05, 3.63) is 52.5 Å². The summed E-state index contributed by atoms with van der Waals surface area (Å²) < 4.78 is 1.52. The minimum Gasteiger partial charge on any atom is -0.475 e. The lowest BCUT2D eigenvalue weighted by Gasteiger charge is -2.38. The van der Waals surface area contributed by atoms with Crippen LogP contribution < -0.4 is 5.32 Å². The number of carbonyl (C=O) groups excluding carboxylic acids is 1. The van der Waals surface area contributed by atoms with Crippen molar-refractivity contribution >= 4 is 17.7 Å². The Bertz CT molecular complexity index is 954. The molecule has 1 aliphatic heterocycles. The minimum atomic E-state index is -1.19. The van der Waals surface area contributed by atoms with Crippen molar-refractivity contribution < 1.29 is 14.7 Å². The number of benzene rings is 1. The van der Waals surface area contributed by atoms with E-state index in [1.54, 1.807) is 0 Å². The molecule has 1 aromatic carbocycles. The van der Waals surface area contributed by atoms with Crippen molar-refractivity contribution in [2.24, 2.45) is 5.41 Å². The molecule has 0 fully saturated rings. The van der Waals surface area contributed by atoms with Gasteiger partial charge in [-0.05, 0) is 24.3 Å². The Morgan fingerprint density at radius 1 is 1.27 bits per heavy atom. The van der Waals surface area contributed by atoms with Gasteiger partial charge in [-0.3, -0.25) is 4.79 Å². The van der Waals surface area contributed by atoms with Crippen LogP contribution >= 0.6 is 0 Å². The number of carboxylic acid groups (broad SMARTS) is 1. The first kappa shape index (κ1) is 16.5. The highest BCUT2D eigenvalue weighted by atomic mass is 16.4. The summed E-state index contributed by atoms with van der Waals surface area (Å²) in [6, 6.07) is 7.39. The second kappa shape index (κ2) is 5.52. The van der Waals surface area contributed by atoms with Crippen molar-refractivity contribution in [2.75, 3.05) is 5.32 Å². The van der Waals surface area contributed by atoms with Crippen molar-refractivity contribution in [2.45, 2.75) is 39.7 Å². The Morgan fingerprint density at radius 2 is 1.96 bits per heavy atom. The van der Waals surface area contributed by atoms with Gasteiger partial charge in [0.05, 0.1) is 0 Å². The molecule has 1 aliphatic carbocycles. The van der Waals surface area contributed by atoms with Crippen LogP contribution in [0.4, 0.5) is 5.95 Å². The maximum absolute atomic E-state index is 13.0. The maximum atomic E-state index is 13.0. The zero-order chi connectivity index (χ0) is 18.6. The van der Waals surface area contributed by atoms with Crippen molar-refractivity contribution in [1.29, 1.82) is 0 Å². The summed E-state index contributed by atoms with van der Waals surface area (Å²) >= 11 is 0. The van der Waals surface area contributed by atoms with Crippen molar-refractivity contribution in [1.82, 2.24) is 14.8 Å². The monoisotopic (exact) mass is 352 g/mol. The summed E-state index contributed by atoms with van der Waals surface area (Å²) in [7, 11) is 0. The van der Waals surface area contributed by atoms with E-state index in [9.17, 15) is 14.7 Å². The Labute approximate surface area is 150 Å². The molecule has 2 heterocycles. The number of Topliss-reactive ketones (excluding diaryl/α,β-unsaturated/α-hetero) is 1. The molecule has 1 aromatic heterocycles. The zero-order valence-corrected chi connectivity index (χ0v) is 14.9. The molecular weight excluding hydrogens is 332 g/mol. The van der Waals surface area contributed by atoms with Gasteiger partial charge in [-0.15, -0.1) is 5.10 Å². The van der Waals surface area contributed by atoms with Crippen LogP contribution in [0.25, 0.3) is 0 Å². The third kappa shape index (κ3) is 2.60. The van der Waals surface area contributed by atoms with E-state index in [-0.39, 0.29) is 17.0 Å². The number of aromatic carboxylic acids is 1. The van der Waals surface area contributed by atoms with Gasteiger partial charge in [-0.1, -0.05) is 43.7 Å². The topological polar surface area (TPSA) is 97.1 Å². The summed E-state index contributed by atoms with van der Waals surface area (Å²) in [5.74, 6) is -1.05. The number of carbonyl (C=O) groups is 2. The Kier molecular flexibility index (Phi) is 3.50. The third-order valence-electron chi connectivity index (χ3n) is 4.92. The highest BCUT2D eigenvalue weighted by Gasteiger charge is 2.42. The Balaban J connectivity index is 1.92. The molecule has 1 atom stereocenters. The zero-order valence-electron chi connectivity index (χ0n) is 14.9. The Morgan fingerprint density at radius 3 is 2.62 bits per heavy atom. The molecule has 7 heteroatoms. The molecule has 4 rings (SSSR count). The quantitative estimate of drug-likeness (QED) is 0.862. The number of nitrogens with one attached hydrogen (secondary N) is 1. The molecule has 134 valence electrons. The predicted molar refractivity (Wildman–Crippen MR) is 95.0 cm³/mol. The molecule has 2 aromatic rings. The van der Waals surface area contributed by atoms with E-state index in [4.69, 9.17) is 0 Å². The van der Waals surface area contributed by atoms with Gasteiger partial charge in [-0.2, -0.15) is 4.98 Å². The number of allylic oxidation sites excluding steroid dienone is 2. The van der Waals surface area contributed by atoms with E-state index < -0.39 is 12.0 Å². The molecule has 7 nitrogen and oxygen atoms in total. The average molecular weight is 352 g/mol. The van der Waals surface area contributed by atoms with Gasteiger partial charge in [0, 0.05) is 17.7 Å². The Hall–Kier alpha value is -2.96. The highest BCUT2D eigenvalue weighted by Crippen LogP contribution is 2.45. The number of fused-ring (bicyclic) bond motifs is 1. The number of hydrogen-bond donors (Lipinski definition) is 2. The van der Waals surface area contributed by atoms with Gasteiger partial charge in [0.25, 0.3) is 5.82 Å². The van der Waals surface area contributed by atoms with Crippen LogP contribution in [-0.2, 0) is 4.79 Å². The van der Waals surface area contributed by atoms with Crippen LogP contribution in [0, 0.1) is 12.3 Å². The largest absolute Gasteiger partial charge is 0.475 e. The minimum absolute atomic E-state index is 0.0624. The normalized spacial score (nSPS) is 21.0. The van der Waals surface area contributed by atoms with E-state index in [0.717, 1.165) is 16.8 Å². The number of anilines is 1. The number of aryl methyl sites for hydroxylation is 1. The van der Waals surface area contributed by atoms with Crippen LogP contribution in [0.3, 0.4) is 0 Å². The highest BCUT2D eigenvalue weighted by molar-refractivity contribution is 6.00. The van der Waals surface area contributed by atoms with Crippen LogP contribution in [-0.4, -0.2) is 31.6 Å². The fourth-order valence-electron chi connectivity index (χ4n) is 3.76. The van der Waals surface area contributed by atoms with Gasteiger partial charge in [0.15, 0.2) is 5.78 Å². The summed E-state index contributed by atoms with van der Waals surface area (Å²) in [6.07, 6.45) is 1.15. The molecule has 0 saturated heterocycles. The van der Waals surface area contributed by atoms with Gasteiger partial charge in [0.2, 0.25) is 5.95 Å². The predicted octanol–water partition coefficient (Wildman–Crippen LogP) is 2.94. The second-order valence-corrected chi connectivity index (χ2v) is 7.78. The average Bonchev–Trinajstić information content (AvgIpc) is 2.96. The third-order valence-corrected chi connectivity index (χ3v) is 4.92. The van der Waals surface area contributed by atoms with Crippen LogP contribution in [0.2, 0.25) is 0 Å². The summed E-state index contributed by atoms with van der Waals surface area (Å²) in [6.45, 7) is 6.10. The number of nitrogens with zero attached hydrogens (tertiary/aromatic N) is 3. The lowest BCUT2D eigenvalue weighted by Crippen LogP contribution is -2.36. The molecule has 0 radical (unpaired) electrons. The van der Waals surface area contributed by atoms with E-state index in [1.807, 2.05) is 31.2 Å². The lowest BCUT2D eigenvalue weighted by atomic mass is 9.73. The van der Waals surface area contributed by atoms with E-state index in [0.29, 0.717) is 24.4 Å². The number of hydrogen-bond acceptors (Lipinski definition) is 5. The molecule has 0 saturated carbocycles. The fraction of sp³-hybridized carbons (Fsp3) is 0.368. The lowest BCUT2D eigenvalue weighted by molar-refractivity contribution is -0.118. The molecule has 26 heavy (non-hydrogen) atoms. The van der Waals surface area contributed by atoms with E-state index in [2.05, 4.69) is 29.2 Å². The van der Waals surface area contributed by atoms with Gasteiger partial charge in [-0.25, -0.2) is 9.48 Å². The van der Waals surface area contributed by atoms with Crippen LogP contribution in [0.15, 0.2) is 35.5 Å². The first-order valence-electron chi connectivity index (χ1n) is 8.55. The summed E-state index contributed by atoms with van der Waals surface area (Å²) in [4.78, 5) is 28.4. The molecule has 0 amide bonds. The van der Waals surface area contributed by atoms with Gasteiger partial charge >= 0.3 is 5.97 Å². The van der Waals surface area contributed by atoms with Crippen LogP contribution in [0.1, 0.15) is 54.5 Å². The van der Waals surface area contributed by atoms with Crippen molar-refractivity contribution in [3.8, 4) is 0 Å². The smallest absolute Gasteiger partial charge is 0.375 e. The molecule has 2 N–H and O–H groups in total.